The van der Waals surface area contributed by atoms with Crippen LogP contribution in [0.25, 0.3) is 0 Å². The summed E-state index contributed by atoms with van der Waals surface area (Å²) < 4.78 is 1.09. The van der Waals surface area contributed by atoms with Crippen LogP contribution in [-0.2, 0) is 11.3 Å². The van der Waals surface area contributed by atoms with Crippen molar-refractivity contribution in [2.75, 3.05) is 13.6 Å². The molecule has 94 valence electrons. The number of carbonyl (C=O) groups is 2. The molecule has 7 heteroatoms. The Hall–Kier alpha value is -0.920. The Morgan fingerprint density at radius 2 is 2.24 bits per heavy atom. The average Bonchev–Trinajstić information content (AvgIpc) is 2.60. The number of imide groups is 1. The smallest absolute Gasteiger partial charge is 0.318 e. The monoisotopic (exact) mass is 319 g/mol. The van der Waals surface area contributed by atoms with E-state index in [-0.39, 0.29) is 12.3 Å². The van der Waals surface area contributed by atoms with Crippen LogP contribution in [-0.4, -0.2) is 30.4 Å². The van der Waals surface area contributed by atoms with Crippen LogP contribution in [0.1, 0.15) is 11.3 Å². The lowest BCUT2D eigenvalue weighted by atomic mass is 10.3. The fourth-order valence-corrected chi connectivity index (χ4v) is 2.84. The minimum absolute atomic E-state index is 0.256. The lowest BCUT2D eigenvalue weighted by Crippen LogP contribution is -2.36. The van der Waals surface area contributed by atoms with Gasteiger partial charge in [-0.05, 0) is 35.1 Å². The predicted molar refractivity (Wildman–Crippen MR) is 70.7 cm³/mol. The molecule has 1 heterocycles. The summed E-state index contributed by atoms with van der Waals surface area (Å²) in [6, 6.07) is 3.22. The largest absolute Gasteiger partial charge is 0.351 e. The molecular weight excluding hydrogens is 306 g/mol. The number of thiophene rings is 1. The minimum Gasteiger partial charge on any atom is -0.351 e. The molecule has 0 aromatic carbocycles. The molecule has 0 aliphatic heterocycles. The van der Waals surface area contributed by atoms with Crippen molar-refractivity contribution in [1.82, 2.24) is 10.2 Å². The summed E-state index contributed by atoms with van der Waals surface area (Å²) >= 11 is 5.06. The SMILES string of the molecule is CN(CCC(=O)NC(N)=O)Cc1ccc(Br)s1. The molecule has 0 spiro atoms. The lowest BCUT2D eigenvalue weighted by molar-refractivity contribution is -0.120. The maximum absolute atomic E-state index is 11.2. The maximum atomic E-state index is 11.2. The Labute approximate surface area is 112 Å². The Balaban J connectivity index is 2.28. The minimum atomic E-state index is -0.806. The van der Waals surface area contributed by atoms with E-state index >= 15 is 0 Å². The van der Waals surface area contributed by atoms with Gasteiger partial charge < -0.3 is 10.6 Å². The van der Waals surface area contributed by atoms with Crippen LogP contribution in [0.2, 0.25) is 0 Å². The number of urea groups is 1. The third kappa shape index (κ3) is 5.81. The molecule has 0 aliphatic carbocycles. The third-order valence-electron chi connectivity index (χ3n) is 2.04. The highest BCUT2D eigenvalue weighted by Crippen LogP contribution is 2.22. The lowest BCUT2D eigenvalue weighted by Gasteiger charge is -2.14. The zero-order valence-corrected chi connectivity index (χ0v) is 11.8. The van der Waals surface area contributed by atoms with Gasteiger partial charge in [-0.3, -0.25) is 10.1 Å². The van der Waals surface area contributed by atoms with E-state index in [1.54, 1.807) is 11.3 Å². The standard InChI is InChI=1S/C10H14BrN3O2S/c1-14(5-4-9(15)13-10(12)16)6-7-2-3-8(11)17-7/h2-3H,4-6H2,1H3,(H3,12,13,15,16). The molecule has 0 bridgehead atoms. The first-order valence-electron chi connectivity index (χ1n) is 4.99. The summed E-state index contributed by atoms with van der Waals surface area (Å²) in [6.07, 6.45) is 0.256. The number of nitrogens with one attached hydrogen (secondary N) is 1. The van der Waals surface area contributed by atoms with Gasteiger partial charge in [0.1, 0.15) is 0 Å². The van der Waals surface area contributed by atoms with Crippen LogP contribution < -0.4 is 11.1 Å². The summed E-state index contributed by atoms with van der Waals surface area (Å²) in [5.74, 6) is -0.350. The molecule has 0 fully saturated rings. The normalized spacial score (nSPS) is 10.5. The van der Waals surface area contributed by atoms with Gasteiger partial charge in [0.25, 0.3) is 0 Å². The number of nitrogens with zero attached hydrogens (tertiary/aromatic N) is 1. The zero-order chi connectivity index (χ0) is 12.8. The fourth-order valence-electron chi connectivity index (χ4n) is 1.27. The van der Waals surface area contributed by atoms with Crippen LogP contribution in [0.3, 0.4) is 0 Å². The van der Waals surface area contributed by atoms with E-state index in [4.69, 9.17) is 5.73 Å². The first kappa shape index (κ1) is 14.1. The number of primary amides is 1. The molecule has 3 amide bonds. The number of hydrogen-bond acceptors (Lipinski definition) is 4. The van der Waals surface area contributed by atoms with E-state index in [9.17, 15) is 9.59 Å². The Morgan fingerprint density at radius 3 is 2.76 bits per heavy atom. The summed E-state index contributed by atoms with van der Waals surface area (Å²) in [5, 5.41) is 2.03. The molecule has 3 N–H and O–H groups in total. The van der Waals surface area contributed by atoms with E-state index in [1.165, 1.54) is 4.88 Å². The van der Waals surface area contributed by atoms with Gasteiger partial charge in [-0.15, -0.1) is 11.3 Å². The van der Waals surface area contributed by atoms with E-state index in [0.29, 0.717) is 6.54 Å². The molecule has 1 aromatic rings. The number of nitrogens with two attached hydrogens (primary N) is 1. The molecule has 0 atom stereocenters. The molecule has 0 saturated carbocycles. The van der Waals surface area contributed by atoms with Crippen molar-refractivity contribution in [2.45, 2.75) is 13.0 Å². The number of amides is 3. The molecule has 17 heavy (non-hydrogen) atoms. The van der Waals surface area contributed by atoms with Crippen LogP contribution >= 0.6 is 27.3 Å². The zero-order valence-electron chi connectivity index (χ0n) is 9.40. The Bertz CT molecular complexity index is 408. The van der Waals surface area contributed by atoms with Gasteiger partial charge in [-0.1, -0.05) is 0 Å². The quantitative estimate of drug-likeness (QED) is 0.864. The third-order valence-corrected chi connectivity index (χ3v) is 3.65. The van der Waals surface area contributed by atoms with E-state index in [0.717, 1.165) is 10.3 Å². The van der Waals surface area contributed by atoms with E-state index < -0.39 is 6.03 Å². The highest BCUT2D eigenvalue weighted by atomic mass is 79.9. The van der Waals surface area contributed by atoms with E-state index in [2.05, 4.69) is 15.9 Å². The van der Waals surface area contributed by atoms with Crippen molar-refractivity contribution >= 4 is 39.2 Å². The molecule has 5 nitrogen and oxygen atoms in total. The van der Waals surface area contributed by atoms with Crippen molar-refractivity contribution in [3.63, 3.8) is 0 Å². The van der Waals surface area contributed by atoms with Crippen LogP contribution in [0.4, 0.5) is 4.79 Å². The highest BCUT2D eigenvalue weighted by Gasteiger charge is 2.07. The van der Waals surface area contributed by atoms with Gasteiger partial charge in [0.05, 0.1) is 3.79 Å². The Morgan fingerprint density at radius 1 is 1.53 bits per heavy atom. The van der Waals surface area contributed by atoms with E-state index in [1.807, 2.05) is 29.4 Å². The topological polar surface area (TPSA) is 75.4 Å². The van der Waals surface area contributed by atoms with Gasteiger partial charge in [0.2, 0.25) is 5.91 Å². The van der Waals surface area contributed by atoms with Crippen molar-refractivity contribution in [3.05, 3.63) is 20.8 Å². The number of carbonyl (C=O) groups excluding carboxylic acids is 2. The van der Waals surface area contributed by atoms with Crippen LogP contribution in [0.15, 0.2) is 15.9 Å². The molecule has 0 radical (unpaired) electrons. The summed E-state index contributed by atoms with van der Waals surface area (Å²) in [7, 11) is 1.92. The van der Waals surface area contributed by atoms with Gasteiger partial charge in [0, 0.05) is 24.4 Å². The fraction of sp³-hybridized carbons (Fsp3) is 0.400. The van der Waals surface area contributed by atoms with Crippen molar-refractivity contribution in [2.24, 2.45) is 5.73 Å². The van der Waals surface area contributed by atoms with Crippen molar-refractivity contribution in [3.8, 4) is 0 Å². The summed E-state index contributed by atoms with van der Waals surface area (Å²) in [5.41, 5.74) is 4.84. The molecule has 1 rings (SSSR count). The Kier molecular flexibility index (Phi) is 5.60. The molecule has 0 unspecified atom stereocenters. The van der Waals surface area contributed by atoms with Gasteiger partial charge in [-0.2, -0.15) is 0 Å². The summed E-state index contributed by atoms with van der Waals surface area (Å²) in [6.45, 7) is 1.36. The van der Waals surface area contributed by atoms with Crippen molar-refractivity contribution < 1.29 is 9.59 Å². The summed E-state index contributed by atoms with van der Waals surface area (Å²) in [4.78, 5) is 24.8. The van der Waals surface area contributed by atoms with Gasteiger partial charge in [0.15, 0.2) is 0 Å². The molecule has 0 aliphatic rings. The predicted octanol–water partition coefficient (Wildman–Crippen LogP) is 1.53. The molecule has 0 saturated heterocycles. The molecular formula is C10H14BrN3O2S. The second-order valence-electron chi connectivity index (χ2n) is 3.61. The van der Waals surface area contributed by atoms with Gasteiger partial charge >= 0.3 is 6.03 Å². The first-order chi connectivity index (χ1) is 7.97. The second-order valence-corrected chi connectivity index (χ2v) is 6.15. The second kappa shape index (κ2) is 6.73. The number of hydrogen-bond donors (Lipinski definition) is 2. The number of halogens is 1. The highest BCUT2D eigenvalue weighted by molar-refractivity contribution is 9.11. The van der Waals surface area contributed by atoms with Gasteiger partial charge in [-0.25, -0.2) is 4.79 Å². The first-order valence-corrected chi connectivity index (χ1v) is 6.60. The van der Waals surface area contributed by atoms with Crippen LogP contribution in [0.5, 0.6) is 0 Å². The maximum Gasteiger partial charge on any atom is 0.318 e. The van der Waals surface area contributed by atoms with Crippen LogP contribution in [0, 0.1) is 0 Å². The average molecular weight is 320 g/mol. The number of rotatable bonds is 5. The molecule has 1 aromatic heterocycles. The van der Waals surface area contributed by atoms with Crippen molar-refractivity contribution in [1.29, 1.82) is 0 Å².